The number of thioether (sulfide) groups is 1. The summed E-state index contributed by atoms with van der Waals surface area (Å²) in [6.07, 6.45) is 0.827. The van der Waals surface area contributed by atoms with Crippen LogP contribution in [-0.4, -0.2) is 46.7 Å². The molecule has 2 heterocycles. The molecule has 1 amide bonds. The topological polar surface area (TPSA) is 87.5 Å². The van der Waals surface area contributed by atoms with E-state index < -0.39 is 0 Å². The number of fused-ring (bicyclic) bond motifs is 1. The van der Waals surface area contributed by atoms with Gasteiger partial charge in [-0.15, -0.1) is 10.2 Å². The number of nitrogens with one attached hydrogen (secondary N) is 1. The van der Waals surface area contributed by atoms with E-state index in [2.05, 4.69) is 15.5 Å². The summed E-state index contributed by atoms with van der Waals surface area (Å²) in [5, 5.41) is 12.0. The monoisotopic (exact) mass is 440 g/mol. The third-order valence-electron chi connectivity index (χ3n) is 4.77. The van der Waals surface area contributed by atoms with Gasteiger partial charge in [0.25, 0.3) is 0 Å². The van der Waals surface area contributed by atoms with E-state index in [4.69, 9.17) is 14.2 Å². The Morgan fingerprint density at radius 1 is 1.16 bits per heavy atom. The smallest absolute Gasteiger partial charge is 0.230 e. The average Bonchev–Trinajstić information content (AvgIpc) is 3.01. The predicted octanol–water partition coefficient (Wildman–Crippen LogP) is 3.15. The molecule has 0 bridgehead atoms. The van der Waals surface area contributed by atoms with Crippen molar-refractivity contribution in [3.63, 3.8) is 0 Å². The van der Waals surface area contributed by atoms with Crippen molar-refractivity contribution in [1.82, 2.24) is 20.1 Å². The Morgan fingerprint density at radius 2 is 1.90 bits per heavy atom. The summed E-state index contributed by atoms with van der Waals surface area (Å²) in [6.45, 7) is 3.42. The van der Waals surface area contributed by atoms with Crippen LogP contribution in [0.3, 0.4) is 0 Å². The van der Waals surface area contributed by atoms with Gasteiger partial charge in [-0.05, 0) is 25.1 Å². The number of nitrogens with zero attached hydrogens (tertiary/aromatic N) is 3. The van der Waals surface area contributed by atoms with Gasteiger partial charge in [-0.2, -0.15) is 0 Å². The fourth-order valence-electron chi connectivity index (χ4n) is 3.25. The van der Waals surface area contributed by atoms with Gasteiger partial charge >= 0.3 is 0 Å². The number of rotatable bonds is 7. The van der Waals surface area contributed by atoms with Gasteiger partial charge in [0.15, 0.2) is 16.7 Å². The number of carbonyl (C=O) groups excluding carboxylic acids is 1. The molecular weight excluding hydrogens is 416 g/mol. The minimum Gasteiger partial charge on any atom is -0.496 e. The predicted molar refractivity (Wildman–Crippen MR) is 117 cm³/mol. The first-order valence-electron chi connectivity index (χ1n) is 9.99. The van der Waals surface area contributed by atoms with Crippen molar-refractivity contribution in [3.8, 4) is 22.9 Å². The standard InChI is InChI=1S/C22H24N4O4S/c1-15-24-25-22(26(15)17-7-4-3-5-8-17)31-14-21(27)23-13-16-11-19-20(12-18(16)28-2)30-10-6-9-29-19/h3-5,7-8,11-12H,6,9-10,13-14H2,1-2H3,(H,23,27). The summed E-state index contributed by atoms with van der Waals surface area (Å²) in [5.74, 6) is 2.86. The number of amides is 1. The van der Waals surface area contributed by atoms with E-state index in [1.807, 2.05) is 54.0 Å². The molecule has 2 aromatic carbocycles. The first-order valence-corrected chi connectivity index (χ1v) is 11.0. The Bertz CT molecular complexity index is 1060. The molecule has 1 aliphatic heterocycles. The maximum atomic E-state index is 12.5. The van der Waals surface area contributed by atoms with E-state index in [1.165, 1.54) is 11.8 Å². The second-order valence-electron chi connectivity index (χ2n) is 6.93. The van der Waals surface area contributed by atoms with Crippen LogP contribution in [0.25, 0.3) is 5.69 Å². The molecule has 162 valence electrons. The number of methoxy groups -OCH3 is 1. The van der Waals surface area contributed by atoms with Gasteiger partial charge in [-0.25, -0.2) is 0 Å². The van der Waals surface area contributed by atoms with Crippen LogP contribution in [0.2, 0.25) is 0 Å². The zero-order valence-electron chi connectivity index (χ0n) is 17.5. The Labute approximate surface area is 184 Å². The molecule has 9 heteroatoms. The second-order valence-corrected chi connectivity index (χ2v) is 7.87. The van der Waals surface area contributed by atoms with Gasteiger partial charge in [-0.3, -0.25) is 9.36 Å². The minimum atomic E-state index is -0.112. The van der Waals surface area contributed by atoms with Crippen molar-refractivity contribution in [2.45, 2.75) is 25.0 Å². The molecule has 1 aliphatic rings. The fraction of sp³-hybridized carbons (Fsp3) is 0.318. The largest absolute Gasteiger partial charge is 0.496 e. The van der Waals surface area contributed by atoms with Crippen molar-refractivity contribution >= 4 is 17.7 Å². The number of aryl methyl sites for hydroxylation is 1. The lowest BCUT2D eigenvalue weighted by Gasteiger charge is -2.14. The highest BCUT2D eigenvalue weighted by Gasteiger charge is 2.17. The van der Waals surface area contributed by atoms with Crippen LogP contribution < -0.4 is 19.5 Å². The van der Waals surface area contributed by atoms with E-state index >= 15 is 0 Å². The molecular formula is C22H24N4O4S. The molecule has 0 fully saturated rings. The Balaban J connectivity index is 1.39. The number of hydrogen-bond donors (Lipinski definition) is 1. The van der Waals surface area contributed by atoms with Crippen LogP contribution in [0, 0.1) is 6.92 Å². The number of carbonyl (C=O) groups is 1. The SMILES string of the molecule is COc1cc2c(cc1CNC(=O)CSc1nnc(C)n1-c1ccccc1)OCCCO2. The summed E-state index contributed by atoms with van der Waals surface area (Å²) in [6, 6.07) is 13.5. The number of para-hydroxylation sites is 1. The van der Waals surface area contributed by atoms with E-state index in [1.54, 1.807) is 7.11 Å². The third kappa shape index (κ3) is 4.93. The average molecular weight is 441 g/mol. The zero-order valence-corrected chi connectivity index (χ0v) is 18.3. The molecule has 0 atom stereocenters. The Kier molecular flexibility index (Phi) is 6.61. The maximum Gasteiger partial charge on any atom is 0.230 e. The van der Waals surface area contributed by atoms with Gasteiger partial charge < -0.3 is 19.5 Å². The van der Waals surface area contributed by atoms with E-state index in [0.717, 1.165) is 23.5 Å². The molecule has 1 N–H and O–H groups in total. The lowest BCUT2D eigenvalue weighted by molar-refractivity contribution is -0.118. The van der Waals surface area contributed by atoms with Crippen molar-refractivity contribution < 1.29 is 19.0 Å². The van der Waals surface area contributed by atoms with Crippen LogP contribution in [-0.2, 0) is 11.3 Å². The first kappa shape index (κ1) is 21.0. The van der Waals surface area contributed by atoms with E-state index in [9.17, 15) is 4.79 Å². The molecule has 0 unspecified atom stereocenters. The molecule has 0 aliphatic carbocycles. The van der Waals surface area contributed by atoms with Gasteiger partial charge in [0, 0.05) is 30.3 Å². The van der Waals surface area contributed by atoms with Gasteiger partial charge in [0.2, 0.25) is 5.91 Å². The summed E-state index contributed by atoms with van der Waals surface area (Å²) < 4.78 is 18.8. The van der Waals surface area contributed by atoms with Crippen LogP contribution in [0.15, 0.2) is 47.6 Å². The highest BCUT2D eigenvalue weighted by Crippen LogP contribution is 2.36. The molecule has 4 rings (SSSR count). The number of benzene rings is 2. The maximum absolute atomic E-state index is 12.5. The van der Waals surface area contributed by atoms with Crippen LogP contribution in [0.5, 0.6) is 17.2 Å². The highest BCUT2D eigenvalue weighted by atomic mass is 32.2. The van der Waals surface area contributed by atoms with Gasteiger partial charge in [-0.1, -0.05) is 30.0 Å². The number of aromatic nitrogens is 3. The molecule has 8 nitrogen and oxygen atoms in total. The third-order valence-corrected chi connectivity index (χ3v) is 5.70. The molecule has 1 aromatic heterocycles. The molecule has 0 spiro atoms. The summed E-state index contributed by atoms with van der Waals surface area (Å²) in [4.78, 5) is 12.5. The van der Waals surface area contributed by atoms with Gasteiger partial charge in [0.1, 0.15) is 11.6 Å². The van der Waals surface area contributed by atoms with Crippen LogP contribution in [0.1, 0.15) is 17.8 Å². The Hall–Kier alpha value is -3.20. The lowest BCUT2D eigenvalue weighted by Crippen LogP contribution is -2.25. The molecule has 3 aromatic rings. The fourth-order valence-corrected chi connectivity index (χ4v) is 4.07. The van der Waals surface area contributed by atoms with Gasteiger partial charge in [0.05, 0.1) is 26.1 Å². The summed E-state index contributed by atoms with van der Waals surface area (Å²) >= 11 is 1.34. The normalized spacial score (nSPS) is 12.8. The minimum absolute atomic E-state index is 0.112. The highest BCUT2D eigenvalue weighted by molar-refractivity contribution is 7.99. The second kappa shape index (κ2) is 9.74. The lowest BCUT2D eigenvalue weighted by atomic mass is 10.1. The summed E-state index contributed by atoms with van der Waals surface area (Å²) in [5.41, 5.74) is 1.79. The van der Waals surface area contributed by atoms with E-state index in [0.29, 0.717) is 42.2 Å². The molecule has 0 radical (unpaired) electrons. The number of ether oxygens (including phenoxy) is 3. The first-order chi connectivity index (χ1) is 15.2. The van der Waals surface area contributed by atoms with Crippen molar-refractivity contribution in [3.05, 3.63) is 53.9 Å². The molecule has 31 heavy (non-hydrogen) atoms. The van der Waals surface area contributed by atoms with Crippen molar-refractivity contribution in [2.75, 3.05) is 26.1 Å². The summed E-state index contributed by atoms with van der Waals surface area (Å²) in [7, 11) is 1.60. The Morgan fingerprint density at radius 3 is 2.65 bits per heavy atom. The van der Waals surface area contributed by atoms with Crippen molar-refractivity contribution in [1.29, 1.82) is 0 Å². The van der Waals surface area contributed by atoms with E-state index in [-0.39, 0.29) is 11.7 Å². The van der Waals surface area contributed by atoms with Crippen LogP contribution >= 0.6 is 11.8 Å². The zero-order chi connectivity index (χ0) is 21.6. The van der Waals surface area contributed by atoms with Crippen molar-refractivity contribution in [2.24, 2.45) is 0 Å². The quantitative estimate of drug-likeness (QED) is 0.565. The number of hydrogen-bond acceptors (Lipinski definition) is 7. The molecule has 0 saturated heterocycles. The van der Waals surface area contributed by atoms with Crippen LogP contribution in [0.4, 0.5) is 0 Å². The molecule has 0 saturated carbocycles.